The highest BCUT2D eigenvalue weighted by atomic mass is 16.1. The highest BCUT2D eigenvalue weighted by Gasteiger charge is 2.21. The van der Waals surface area contributed by atoms with Gasteiger partial charge in [0.25, 0.3) is 0 Å². The zero-order valence-electron chi connectivity index (χ0n) is 9.64. The predicted octanol–water partition coefficient (Wildman–Crippen LogP) is 3.04. The fourth-order valence-corrected chi connectivity index (χ4v) is 2.31. The van der Waals surface area contributed by atoms with E-state index in [2.05, 4.69) is 17.3 Å². The zero-order chi connectivity index (χ0) is 11.2. The van der Waals surface area contributed by atoms with Crippen LogP contribution >= 0.6 is 0 Å². The van der Waals surface area contributed by atoms with Gasteiger partial charge < -0.3 is 4.90 Å². The first-order valence-corrected chi connectivity index (χ1v) is 6.16. The van der Waals surface area contributed by atoms with E-state index in [-0.39, 0.29) is 0 Å². The number of carbonyl (C=O) groups excluding carboxylic acids is 1. The fourth-order valence-electron chi connectivity index (χ4n) is 2.31. The second-order valence-corrected chi connectivity index (χ2v) is 4.50. The zero-order valence-corrected chi connectivity index (χ0v) is 9.64. The van der Waals surface area contributed by atoms with Crippen molar-refractivity contribution in [3.63, 3.8) is 0 Å². The molecule has 0 bridgehead atoms. The SMILES string of the molecule is O=C1CCCCC1CCN1C=CC=CC=C1. The van der Waals surface area contributed by atoms with Gasteiger partial charge in [-0.15, -0.1) is 0 Å². The molecule has 1 saturated carbocycles. The number of ketones is 1. The van der Waals surface area contributed by atoms with Crippen LogP contribution in [0.3, 0.4) is 0 Å². The van der Waals surface area contributed by atoms with E-state index in [1.165, 1.54) is 6.42 Å². The third-order valence-corrected chi connectivity index (χ3v) is 3.31. The maximum Gasteiger partial charge on any atom is 0.136 e. The van der Waals surface area contributed by atoms with Crippen molar-refractivity contribution >= 4 is 5.78 Å². The molecule has 2 heteroatoms. The van der Waals surface area contributed by atoms with Gasteiger partial charge in [0.1, 0.15) is 5.78 Å². The topological polar surface area (TPSA) is 20.3 Å². The van der Waals surface area contributed by atoms with Crippen molar-refractivity contribution in [2.45, 2.75) is 32.1 Å². The molecule has 1 atom stereocenters. The van der Waals surface area contributed by atoms with Crippen LogP contribution in [0.5, 0.6) is 0 Å². The minimum atomic E-state index is 0.312. The lowest BCUT2D eigenvalue weighted by Crippen LogP contribution is -2.23. The van der Waals surface area contributed by atoms with E-state index in [1.807, 2.05) is 24.3 Å². The maximum atomic E-state index is 11.7. The second-order valence-electron chi connectivity index (χ2n) is 4.50. The molecule has 0 saturated heterocycles. The molecule has 2 nitrogen and oxygen atoms in total. The number of allylic oxidation sites excluding steroid dienone is 4. The molecule has 0 N–H and O–H groups in total. The Morgan fingerprint density at radius 1 is 1.12 bits per heavy atom. The number of Topliss-reactive ketones (excluding diaryl/α,β-unsaturated/α-hetero) is 1. The summed E-state index contributed by atoms with van der Waals surface area (Å²) < 4.78 is 0. The highest BCUT2D eigenvalue weighted by Crippen LogP contribution is 2.23. The summed E-state index contributed by atoms with van der Waals surface area (Å²) in [6.45, 7) is 0.949. The lowest BCUT2D eigenvalue weighted by molar-refractivity contribution is -0.124. The maximum absolute atomic E-state index is 11.7. The van der Waals surface area contributed by atoms with Gasteiger partial charge in [-0.3, -0.25) is 4.79 Å². The lowest BCUT2D eigenvalue weighted by atomic mass is 9.86. The molecule has 0 amide bonds. The van der Waals surface area contributed by atoms with E-state index in [0.717, 1.165) is 32.2 Å². The van der Waals surface area contributed by atoms with Crippen molar-refractivity contribution in [2.75, 3.05) is 6.54 Å². The van der Waals surface area contributed by atoms with Gasteiger partial charge in [-0.2, -0.15) is 0 Å². The molecule has 0 radical (unpaired) electrons. The summed E-state index contributed by atoms with van der Waals surface area (Å²) in [4.78, 5) is 13.8. The summed E-state index contributed by atoms with van der Waals surface area (Å²) in [5, 5.41) is 0. The minimum absolute atomic E-state index is 0.312. The van der Waals surface area contributed by atoms with E-state index >= 15 is 0 Å². The molecule has 1 heterocycles. The quantitative estimate of drug-likeness (QED) is 0.724. The summed E-state index contributed by atoms with van der Waals surface area (Å²) in [7, 11) is 0. The Labute approximate surface area is 97.3 Å². The highest BCUT2D eigenvalue weighted by molar-refractivity contribution is 5.81. The first kappa shape index (κ1) is 11.2. The molecular weight excluding hydrogens is 198 g/mol. The van der Waals surface area contributed by atoms with Crippen LogP contribution in [0.1, 0.15) is 32.1 Å². The molecule has 0 aromatic rings. The van der Waals surface area contributed by atoms with Gasteiger partial charge in [-0.1, -0.05) is 18.6 Å². The summed E-state index contributed by atoms with van der Waals surface area (Å²) in [6, 6.07) is 0. The van der Waals surface area contributed by atoms with E-state index < -0.39 is 0 Å². The Balaban J connectivity index is 1.80. The molecule has 2 aliphatic rings. The standard InChI is InChI=1S/C14H19NO/c16-14-8-4-3-7-13(14)9-12-15-10-5-1-2-6-11-15/h1-2,5-6,10-11,13H,3-4,7-9,12H2. The van der Waals surface area contributed by atoms with Gasteiger partial charge in [0.05, 0.1) is 0 Å². The van der Waals surface area contributed by atoms with Crippen molar-refractivity contribution in [2.24, 2.45) is 5.92 Å². The van der Waals surface area contributed by atoms with Crippen LogP contribution < -0.4 is 0 Å². The molecular formula is C14H19NO. The molecule has 86 valence electrons. The smallest absolute Gasteiger partial charge is 0.136 e. The van der Waals surface area contributed by atoms with Crippen LogP contribution in [0.2, 0.25) is 0 Å². The molecule has 1 aliphatic carbocycles. The average Bonchev–Trinajstić information content (AvgIpc) is 2.56. The van der Waals surface area contributed by atoms with Gasteiger partial charge in [-0.05, 0) is 31.4 Å². The number of hydrogen-bond acceptors (Lipinski definition) is 2. The van der Waals surface area contributed by atoms with E-state index in [4.69, 9.17) is 0 Å². The summed E-state index contributed by atoms with van der Waals surface area (Å²) >= 11 is 0. The minimum Gasteiger partial charge on any atom is -0.354 e. The number of carbonyl (C=O) groups is 1. The number of nitrogens with zero attached hydrogens (tertiary/aromatic N) is 1. The van der Waals surface area contributed by atoms with Crippen molar-refractivity contribution in [1.82, 2.24) is 4.90 Å². The predicted molar refractivity (Wildman–Crippen MR) is 65.7 cm³/mol. The summed E-state index contributed by atoms with van der Waals surface area (Å²) in [6.07, 6.45) is 17.4. The van der Waals surface area contributed by atoms with Crippen LogP contribution in [-0.2, 0) is 4.79 Å². The van der Waals surface area contributed by atoms with Crippen LogP contribution in [0, 0.1) is 5.92 Å². The molecule has 16 heavy (non-hydrogen) atoms. The van der Waals surface area contributed by atoms with Crippen LogP contribution in [0.4, 0.5) is 0 Å². The van der Waals surface area contributed by atoms with Crippen molar-refractivity contribution in [3.8, 4) is 0 Å². The molecule has 0 aromatic heterocycles. The van der Waals surface area contributed by atoms with Crippen LogP contribution in [0.25, 0.3) is 0 Å². The monoisotopic (exact) mass is 217 g/mol. The molecule has 1 fully saturated rings. The Bertz CT molecular complexity index is 312. The Kier molecular flexibility index (Phi) is 3.97. The summed E-state index contributed by atoms with van der Waals surface area (Å²) in [5.74, 6) is 0.791. The van der Waals surface area contributed by atoms with Gasteiger partial charge in [0.15, 0.2) is 0 Å². The first-order valence-electron chi connectivity index (χ1n) is 6.16. The van der Waals surface area contributed by atoms with E-state index in [1.54, 1.807) is 0 Å². The second kappa shape index (κ2) is 5.69. The molecule has 1 aliphatic heterocycles. The lowest BCUT2D eigenvalue weighted by Gasteiger charge is -2.23. The van der Waals surface area contributed by atoms with Gasteiger partial charge in [0, 0.05) is 31.3 Å². The van der Waals surface area contributed by atoms with Gasteiger partial charge >= 0.3 is 0 Å². The molecule has 2 rings (SSSR count). The van der Waals surface area contributed by atoms with Crippen LogP contribution in [-0.4, -0.2) is 17.2 Å². The van der Waals surface area contributed by atoms with Gasteiger partial charge in [-0.25, -0.2) is 0 Å². The third-order valence-electron chi connectivity index (χ3n) is 3.31. The van der Waals surface area contributed by atoms with Crippen molar-refractivity contribution in [1.29, 1.82) is 0 Å². The van der Waals surface area contributed by atoms with Gasteiger partial charge in [0.2, 0.25) is 0 Å². The Morgan fingerprint density at radius 3 is 2.56 bits per heavy atom. The van der Waals surface area contributed by atoms with E-state index in [9.17, 15) is 4.79 Å². The largest absolute Gasteiger partial charge is 0.354 e. The number of rotatable bonds is 3. The first-order chi connectivity index (χ1) is 7.86. The third kappa shape index (κ3) is 3.09. The van der Waals surface area contributed by atoms with Crippen molar-refractivity contribution < 1.29 is 4.79 Å². The summed E-state index contributed by atoms with van der Waals surface area (Å²) in [5.41, 5.74) is 0. The van der Waals surface area contributed by atoms with Crippen LogP contribution in [0.15, 0.2) is 36.7 Å². The van der Waals surface area contributed by atoms with Crippen molar-refractivity contribution in [3.05, 3.63) is 36.7 Å². The van der Waals surface area contributed by atoms with E-state index in [0.29, 0.717) is 11.7 Å². The Morgan fingerprint density at radius 2 is 1.88 bits per heavy atom. The number of hydrogen-bond donors (Lipinski definition) is 0. The molecule has 0 spiro atoms. The normalized spacial score (nSPS) is 24.9. The average molecular weight is 217 g/mol. The molecule has 1 unspecified atom stereocenters. The fraction of sp³-hybridized carbons (Fsp3) is 0.500. The Hall–Kier alpha value is -1.31. The molecule has 0 aromatic carbocycles.